The molecule has 4 heteroatoms. The first-order chi connectivity index (χ1) is 9.69. The van der Waals surface area contributed by atoms with Crippen LogP contribution in [0.4, 0.5) is 0 Å². The molecule has 2 N–H and O–H groups in total. The number of aromatic nitrogens is 1. The lowest BCUT2D eigenvalue weighted by Gasteiger charge is -2.13. The molecular weight excluding hydrogens is 272 g/mol. The van der Waals surface area contributed by atoms with Crippen molar-refractivity contribution in [2.75, 3.05) is 6.61 Å². The van der Waals surface area contributed by atoms with E-state index in [1.807, 2.05) is 30.3 Å². The van der Waals surface area contributed by atoms with E-state index in [1.54, 1.807) is 12.4 Å². The van der Waals surface area contributed by atoms with Crippen LogP contribution in [0.2, 0.25) is 5.02 Å². The summed E-state index contributed by atoms with van der Waals surface area (Å²) in [6, 6.07) is 9.60. The molecule has 0 saturated heterocycles. The van der Waals surface area contributed by atoms with Crippen LogP contribution in [-0.2, 0) is 6.42 Å². The molecule has 1 heterocycles. The lowest BCUT2D eigenvalue weighted by molar-refractivity contribution is 0.315. The van der Waals surface area contributed by atoms with Crippen molar-refractivity contribution >= 4 is 11.6 Å². The highest BCUT2D eigenvalue weighted by molar-refractivity contribution is 6.30. The predicted molar refractivity (Wildman–Crippen MR) is 82.1 cm³/mol. The van der Waals surface area contributed by atoms with Crippen molar-refractivity contribution in [3.05, 3.63) is 58.9 Å². The van der Waals surface area contributed by atoms with Crippen molar-refractivity contribution in [2.45, 2.75) is 25.8 Å². The van der Waals surface area contributed by atoms with Gasteiger partial charge in [0.1, 0.15) is 5.75 Å². The highest BCUT2D eigenvalue weighted by atomic mass is 35.5. The molecule has 1 atom stereocenters. The van der Waals surface area contributed by atoms with E-state index in [2.05, 4.69) is 11.9 Å². The summed E-state index contributed by atoms with van der Waals surface area (Å²) in [5.41, 5.74) is 8.37. The molecule has 2 aromatic rings. The third-order valence-corrected chi connectivity index (χ3v) is 3.26. The fourth-order valence-corrected chi connectivity index (χ4v) is 2.06. The molecule has 2 rings (SSSR count). The van der Waals surface area contributed by atoms with Crippen molar-refractivity contribution in [1.29, 1.82) is 0 Å². The van der Waals surface area contributed by atoms with Crippen molar-refractivity contribution in [3.8, 4) is 5.75 Å². The van der Waals surface area contributed by atoms with Gasteiger partial charge in [0, 0.05) is 17.3 Å². The monoisotopic (exact) mass is 290 g/mol. The van der Waals surface area contributed by atoms with Crippen LogP contribution in [0.5, 0.6) is 5.75 Å². The summed E-state index contributed by atoms with van der Waals surface area (Å²) >= 11 is 5.88. The molecule has 20 heavy (non-hydrogen) atoms. The highest BCUT2D eigenvalue weighted by Gasteiger charge is 2.09. The average Bonchev–Trinajstić information content (AvgIpc) is 2.48. The Balaban J connectivity index is 2.04. The van der Waals surface area contributed by atoms with Crippen LogP contribution in [0.3, 0.4) is 0 Å². The van der Waals surface area contributed by atoms with Gasteiger partial charge in [-0.15, -0.1) is 0 Å². The molecule has 0 bridgehead atoms. The Morgan fingerprint density at radius 1 is 1.25 bits per heavy atom. The van der Waals surface area contributed by atoms with Crippen LogP contribution in [0.1, 0.15) is 30.5 Å². The molecule has 0 fully saturated rings. The minimum absolute atomic E-state index is 0.103. The first-order valence-electron chi connectivity index (χ1n) is 6.77. The fourth-order valence-electron chi connectivity index (χ4n) is 1.93. The molecule has 0 saturated carbocycles. The number of hydrogen-bond acceptors (Lipinski definition) is 3. The van der Waals surface area contributed by atoms with Gasteiger partial charge in [-0.2, -0.15) is 0 Å². The first kappa shape index (κ1) is 14.8. The average molecular weight is 291 g/mol. The van der Waals surface area contributed by atoms with Gasteiger partial charge in [-0.3, -0.25) is 4.98 Å². The van der Waals surface area contributed by atoms with Gasteiger partial charge in [-0.05, 0) is 42.2 Å². The Bertz CT molecular complexity index is 542. The van der Waals surface area contributed by atoms with E-state index < -0.39 is 0 Å². The maximum Gasteiger partial charge on any atom is 0.137 e. The molecule has 1 aromatic heterocycles. The van der Waals surface area contributed by atoms with E-state index in [0.29, 0.717) is 6.61 Å². The quantitative estimate of drug-likeness (QED) is 0.881. The first-order valence-corrected chi connectivity index (χ1v) is 7.14. The van der Waals surface area contributed by atoms with E-state index in [4.69, 9.17) is 22.1 Å². The zero-order valence-corrected chi connectivity index (χ0v) is 12.3. The zero-order chi connectivity index (χ0) is 14.4. The molecule has 106 valence electrons. The second-order valence-corrected chi connectivity index (χ2v) is 5.18. The smallest absolute Gasteiger partial charge is 0.137 e. The second kappa shape index (κ2) is 7.27. The van der Waals surface area contributed by atoms with Gasteiger partial charge in [-0.25, -0.2) is 0 Å². The van der Waals surface area contributed by atoms with Crippen molar-refractivity contribution in [2.24, 2.45) is 5.73 Å². The van der Waals surface area contributed by atoms with E-state index >= 15 is 0 Å². The molecule has 0 aliphatic carbocycles. The molecule has 0 spiro atoms. The van der Waals surface area contributed by atoms with Gasteiger partial charge in [0.15, 0.2) is 0 Å². The van der Waals surface area contributed by atoms with Gasteiger partial charge in [0.2, 0.25) is 0 Å². The van der Waals surface area contributed by atoms with Crippen LogP contribution in [0, 0.1) is 0 Å². The number of ether oxygens (including phenoxy) is 1. The lowest BCUT2D eigenvalue weighted by Crippen LogP contribution is -2.13. The fraction of sp³-hybridized carbons (Fsp3) is 0.312. The van der Waals surface area contributed by atoms with Crippen LogP contribution in [0.25, 0.3) is 0 Å². The van der Waals surface area contributed by atoms with Crippen LogP contribution >= 0.6 is 11.6 Å². The molecule has 0 aliphatic heterocycles. The van der Waals surface area contributed by atoms with E-state index in [0.717, 1.165) is 34.7 Å². The van der Waals surface area contributed by atoms with E-state index in [9.17, 15) is 0 Å². The van der Waals surface area contributed by atoms with E-state index in [1.165, 1.54) is 0 Å². The summed E-state index contributed by atoms with van der Waals surface area (Å²) in [5.74, 6) is 0.774. The SMILES string of the molecule is CCCOc1cncc(C(N)Cc2ccc(Cl)cc2)c1. The summed E-state index contributed by atoms with van der Waals surface area (Å²) in [4.78, 5) is 4.19. The van der Waals surface area contributed by atoms with Crippen molar-refractivity contribution < 1.29 is 4.74 Å². The van der Waals surface area contributed by atoms with Gasteiger partial charge < -0.3 is 10.5 Å². The Kier molecular flexibility index (Phi) is 5.39. The summed E-state index contributed by atoms with van der Waals surface area (Å²) in [6.45, 7) is 2.76. The second-order valence-electron chi connectivity index (χ2n) is 4.74. The Labute approximate surface area is 124 Å². The topological polar surface area (TPSA) is 48.1 Å². The molecular formula is C16H19ClN2O. The number of nitrogens with two attached hydrogens (primary N) is 1. The molecule has 0 amide bonds. The third kappa shape index (κ3) is 4.22. The highest BCUT2D eigenvalue weighted by Crippen LogP contribution is 2.20. The van der Waals surface area contributed by atoms with Crippen molar-refractivity contribution in [1.82, 2.24) is 4.98 Å². The lowest BCUT2D eigenvalue weighted by atomic mass is 10.0. The summed E-state index contributed by atoms with van der Waals surface area (Å²) in [7, 11) is 0. The number of halogens is 1. The Morgan fingerprint density at radius 3 is 2.70 bits per heavy atom. The third-order valence-electron chi connectivity index (χ3n) is 3.00. The molecule has 0 aliphatic rings. The number of benzene rings is 1. The zero-order valence-electron chi connectivity index (χ0n) is 11.6. The molecule has 3 nitrogen and oxygen atoms in total. The van der Waals surface area contributed by atoms with Crippen LogP contribution < -0.4 is 10.5 Å². The van der Waals surface area contributed by atoms with Gasteiger partial charge in [0.05, 0.1) is 12.8 Å². The van der Waals surface area contributed by atoms with Gasteiger partial charge >= 0.3 is 0 Å². The molecule has 1 aromatic carbocycles. The molecule has 1 unspecified atom stereocenters. The normalized spacial score (nSPS) is 12.2. The van der Waals surface area contributed by atoms with Crippen LogP contribution in [0.15, 0.2) is 42.7 Å². The Morgan fingerprint density at radius 2 is 2.00 bits per heavy atom. The largest absolute Gasteiger partial charge is 0.492 e. The number of rotatable bonds is 6. The number of nitrogens with zero attached hydrogens (tertiary/aromatic N) is 1. The maximum atomic E-state index is 6.23. The van der Waals surface area contributed by atoms with E-state index in [-0.39, 0.29) is 6.04 Å². The maximum absolute atomic E-state index is 6.23. The summed E-state index contributed by atoms with van der Waals surface area (Å²) < 4.78 is 5.58. The summed E-state index contributed by atoms with van der Waals surface area (Å²) in [6.07, 6.45) is 5.23. The van der Waals surface area contributed by atoms with Crippen LogP contribution in [-0.4, -0.2) is 11.6 Å². The van der Waals surface area contributed by atoms with Gasteiger partial charge in [-0.1, -0.05) is 30.7 Å². The number of pyridine rings is 1. The summed E-state index contributed by atoms with van der Waals surface area (Å²) in [5, 5.41) is 0.735. The minimum atomic E-state index is -0.103. The predicted octanol–water partition coefficient (Wildman–Crippen LogP) is 3.77. The minimum Gasteiger partial charge on any atom is -0.492 e. The van der Waals surface area contributed by atoms with Crippen molar-refractivity contribution in [3.63, 3.8) is 0 Å². The molecule has 0 radical (unpaired) electrons. The Hall–Kier alpha value is -1.58. The standard InChI is InChI=1S/C16H19ClN2O/c1-2-7-20-15-9-13(10-19-11-15)16(18)8-12-3-5-14(17)6-4-12/h3-6,9-11,16H,2,7-8,18H2,1H3. The van der Waals surface area contributed by atoms with Gasteiger partial charge in [0.25, 0.3) is 0 Å². The number of hydrogen-bond donors (Lipinski definition) is 1.